The van der Waals surface area contributed by atoms with Crippen LogP contribution in [0.25, 0.3) is 11.7 Å². The summed E-state index contributed by atoms with van der Waals surface area (Å²) in [6.07, 6.45) is 7.85. The minimum absolute atomic E-state index is 0.0483. The number of aromatic nitrogens is 2. The van der Waals surface area contributed by atoms with Crippen molar-refractivity contribution in [3.8, 4) is 5.75 Å². The molecule has 1 aliphatic rings. The van der Waals surface area contributed by atoms with Gasteiger partial charge in [-0.3, -0.25) is 9.20 Å². The molecule has 0 aromatic carbocycles. The lowest BCUT2D eigenvalue weighted by Crippen LogP contribution is -2.19. The largest absolute Gasteiger partial charge is 0.486 e. The molecule has 0 saturated heterocycles. The molecular weight excluding hydrogens is 228 g/mol. The molecule has 4 heteroatoms. The molecule has 3 rings (SSSR count). The van der Waals surface area contributed by atoms with Crippen LogP contribution in [-0.2, 0) is 6.42 Å². The van der Waals surface area contributed by atoms with Gasteiger partial charge >= 0.3 is 0 Å². The molecule has 0 N–H and O–H groups in total. The fraction of sp³-hybridized carbons (Fsp3) is 0.143. The molecule has 0 bridgehead atoms. The zero-order valence-electron chi connectivity index (χ0n) is 9.80. The highest BCUT2D eigenvalue weighted by molar-refractivity contribution is 5.62. The first-order chi connectivity index (χ1) is 8.81. The molecular formula is C14H12N2O2. The van der Waals surface area contributed by atoms with E-state index in [0.717, 1.165) is 5.69 Å². The Kier molecular flexibility index (Phi) is 2.48. The molecule has 2 heterocycles. The molecule has 2 aromatic rings. The molecule has 0 atom stereocenters. The zero-order chi connectivity index (χ0) is 12.5. The summed E-state index contributed by atoms with van der Waals surface area (Å²) in [5, 5.41) is 0. The van der Waals surface area contributed by atoms with Gasteiger partial charge in [-0.1, -0.05) is 24.8 Å². The summed E-state index contributed by atoms with van der Waals surface area (Å²) in [5.74, 6) is 0.601. The van der Waals surface area contributed by atoms with Gasteiger partial charge in [-0.15, -0.1) is 0 Å². The maximum absolute atomic E-state index is 12.2. The lowest BCUT2D eigenvalue weighted by atomic mass is 10.2. The van der Waals surface area contributed by atoms with Gasteiger partial charge in [0.2, 0.25) is 0 Å². The lowest BCUT2D eigenvalue weighted by molar-refractivity contribution is 0.365. The van der Waals surface area contributed by atoms with E-state index in [1.807, 2.05) is 12.2 Å². The topological polar surface area (TPSA) is 43.6 Å². The van der Waals surface area contributed by atoms with Crippen molar-refractivity contribution in [2.45, 2.75) is 6.42 Å². The SMILES string of the molecule is C=CCOc1cccn2c(=O)c3c(nc12)CC=C3. The second-order valence-corrected chi connectivity index (χ2v) is 4.05. The molecule has 2 aromatic heterocycles. The number of nitrogens with zero attached hydrogens (tertiary/aromatic N) is 2. The average molecular weight is 240 g/mol. The molecule has 18 heavy (non-hydrogen) atoms. The standard InChI is InChI=1S/C14H12N2O2/c1-2-9-18-12-7-4-8-16-13(12)15-11-6-3-5-10(11)14(16)17/h2-5,7-8H,1,6,9H2. The third-order valence-electron chi connectivity index (χ3n) is 2.88. The summed E-state index contributed by atoms with van der Waals surface area (Å²) < 4.78 is 7.04. The Morgan fingerprint density at radius 2 is 2.44 bits per heavy atom. The van der Waals surface area contributed by atoms with E-state index in [4.69, 9.17) is 4.74 Å². The van der Waals surface area contributed by atoms with Crippen LogP contribution in [0, 0.1) is 0 Å². The third-order valence-corrected chi connectivity index (χ3v) is 2.88. The third kappa shape index (κ3) is 1.54. The molecule has 90 valence electrons. The molecule has 4 nitrogen and oxygen atoms in total. The van der Waals surface area contributed by atoms with Crippen LogP contribution < -0.4 is 10.3 Å². The first-order valence-corrected chi connectivity index (χ1v) is 5.76. The fourth-order valence-corrected chi connectivity index (χ4v) is 2.07. The fourth-order valence-electron chi connectivity index (χ4n) is 2.07. The summed E-state index contributed by atoms with van der Waals surface area (Å²) in [7, 11) is 0. The molecule has 0 aliphatic heterocycles. The van der Waals surface area contributed by atoms with Gasteiger partial charge in [0.05, 0.1) is 11.3 Å². The van der Waals surface area contributed by atoms with E-state index in [9.17, 15) is 4.79 Å². The Labute approximate surface area is 104 Å². The lowest BCUT2D eigenvalue weighted by Gasteiger charge is -2.09. The van der Waals surface area contributed by atoms with E-state index in [1.54, 1.807) is 24.4 Å². The van der Waals surface area contributed by atoms with Gasteiger partial charge in [0.1, 0.15) is 6.61 Å². The molecule has 0 spiro atoms. The van der Waals surface area contributed by atoms with Gasteiger partial charge in [0.15, 0.2) is 11.4 Å². The van der Waals surface area contributed by atoms with Crippen LogP contribution >= 0.6 is 0 Å². The summed E-state index contributed by atoms with van der Waals surface area (Å²) in [4.78, 5) is 16.8. The van der Waals surface area contributed by atoms with Crippen LogP contribution in [0.15, 0.2) is 41.9 Å². The number of fused-ring (bicyclic) bond motifs is 2. The van der Waals surface area contributed by atoms with Crippen LogP contribution in [0.4, 0.5) is 0 Å². The molecule has 0 radical (unpaired) electrons. The van der Waals surface area contributed by atoms with Gasteiger partial charge in [0.25, 0.3) is 5.56 Å². The highest BCUT2D eigenvalue weighted by Crippen LogP contribution is 2.20. The maximum Gasteiger partial charge on any atom is 0.265 e. The number of ether oxygens (including phenoxy) is 1. The number of hydrogen-bond acceptors (Lipinski definition) is 3. The Bertz CT molecular complexity index is 714. The Morgan fingerprint density at radius 1 is 1.56 bits per heavy atom. The number of rotatable bonds is 3. The van der Waals surface area contributed by atoms with Gasteiger partial charge < -0.3 is 4.74 Å². The minimum Gasteiger partial charge on any atom is -0.486 e. The molecule has 0 amide bonds. The Balaban J connectivity index is 2.27. The number of pyridine rings is 1. The van der Waals surface area contributed by atoms with E-state index in [-0.39, 0.29) is 5.56 Å². The van der Waals surface area contributed by atoms with Crippen molar-refractivity contribution in [1.82, 2.24) is 9.38 Å². The van der Waals surface area contributed by atoms with Gasteiger partial charge in [0, 0.05) is 12.6 Å². The highest BCUT2D eigenvalue weighted by Gasteiger charge is 2.15. The maximum atomic E-state index is 12.2. The minimum atomic E-state index is -0.0483. The van der Waals surface area contributed by atoms with Crippen LogP contribution in [0.3, 0.4) is 0 Å². The van der Waals surface area contributed by atoms with Gasteiger partial charge in [-0.05, 0) is 12.1 Å². The van der Waals surface area contributed by atoms with Crippen LogP contribution in [0.5, 0.6) is 5.75 Å². The van der Waals surface area contributed by atoms with Gasteiger partial charge in [-0.25, -0.2) is 4.98 Å². The molecule has 0 saturated carbocycles. The van der Waals surface area contributed by atoms with Crippen LogP contribution in [-0.4, -0.2) is 16.0 Å². The van der Waals surface area contributed by atoms with Crippen molar-refractivity contribution in [2.24, 2.45) is 0 Å². The summed E-state index contributed by atoms with van der Waals surface area (Å²) in [6, 6.07) is 3.58. The van der Waals surface area contributed by atoms with Crippen molar-refractivity contribution in [3.63, 3.8) is 0 Å². The average Bonchev–Trinajstić information content (AvgIpc) is 2.85. The summed E-state index contributed by atoms with van der Waals surface area (Å²) >= 11 is 0. The number of hydrogen-bond donors (Lipinski definition) is 0. The molecule has 0 unspecified atom stereocenters. The first kappa shape index (κ1) is 10.8. The smallest absolute Gasteiger partial charge is 0.265 e. The Morgan fingerprint density at radius 3 is 3.28 bits per heavy atom. The number of allylic oxidation sites excluding steroid dienone is 1. The van der Waals surface area contributed by atoms with Crippen LogP contribution in [0.2, 0.25) is 0 Å². The molecule has 0 fully saturated rings. The molecule has 1 aliphatic carbocycles. The van der Waals surface area contributed by atoms with E-state index < -0.39 is 0 Å². The van der Waals surface area contributed by atoms with Crippen LogP contribution in [0.1, 0.15) is 11.3 Å². The summed E-state index contributed by atoms with van der Waals surface area (Å²) in [6.45, 7) is 4.00. The van der Waals surface area contributed by atoms with Gasteiger partial charge in [-0.2, -0.15) is 0 Å². The van der Waals surface area contributed by atoms with E-state index in [0.29, 0.717) is 30.0 Å². The van der Waals surface area contributed by atoms with Crippen molar-refractivity contribution >= 4 is 11.7 Å². The second-order valence-electron chi connectivity index (χ2n) is 4.05. The van der Waals surface area contributed by atoms with Crippen molar-refractivity contribution in [2.75, 3.05) is 6.61 Å². The van der Waals surface area contributed by atoms with Crippen molar-refractivity contribution in [1.29, 1.82) is 0 Å². The highest BCUT2D eigenvalue weighted by atomic mass is 16.5. The zero-order valence-corrected chi connectivity index (χ0v) is 9.80. The van der Waals surface area contributed by atoms with E-state index in [1.165, 1.54) is 4.40 Å². The van der Waals surface area contributed by atoms with E-state index in [2.05, 4.69) is 11.6 Å². The predicted molar refractivity (Wildman–Crippen MR) is 69.9 cm³/mol. The monoisotopic (exact) mass is 240 g/mol. The normalized spacial score (nSPS) is 12.7. The predicted octanol–water partition coefficient (Wildman–Crippen LogP) is 1.83. The van der Waals surface area contributed by atoms with Crippen molar-refractivity contribution in [3.05, 3.63) is 58.7 Å². The quantitative estimate of drug-likeness (QED) is 0.769. The Hall–Kier alpha value is -2.36. The second kappa shape index (κ2) is 4.14. The first-order valence-electron chi connectivity index (χ1n) is 5.76. The van der Waals surface area contributed by atoms with E-state index >= 15 is 0 Å². The van der Waals surface area contributed by atoms with Crippen molar-refractivity contribution < 1.29 is 4.74 Å². The summed E-state index contributed by atoms with van der Waals surface area (Å²) in [5.41, 5.74) is 2.00.